The fraction of sp³-hybridized carbons (Fsp3) is 1.00. The number of unbranched alkanes of at least 4 members (excludes halogenated alkanes) is 2. The van der Waals surface area contributed by atoms with Gasteiger partial charge in [-0.15, -0.1) is 0 Å². The maximum Gasteiger partial charge on any atom is -0.00134 e. The summed E-state index contributed by atoms with van der Waals surface area (Å²) in [5.74, 6) is 0.778. The minimum Gasteiger partial charge on any atom is -0.316 e. The molecular weight excluding hydrogens is 244 g/mol. The summed E-state index contributed by atoms with van der Waals surface area (Å²) in [4.78, 5) is 2.70. The highest BCUT2D eigenvalue weighted by Crippen LogP contribution is 2.37. The van der Waals surface area contributed by atoms with E-state index in [-0.39, 0.29) is 0 Å². The lowest BCUT2D eigenvalue weighted by molar-refractivity contribution is 0.0943. The van der Waals surface area contributed by atoms with Crippen LogP contribution in [0.4, 0.5) is 0 Å². The van der Waals surface area contributed by atoms with Gasteiger partial charge in [0.1, 0.15) is 0 Å². The molecule has 1 aliphatic rings. The van der Waals surface area contributed by atoms with Crippen molar-refractivity contribution in [3.05, 3.63) is 0 Å². The highest BCUT2D eigenvalue weighted by Gasteiger charge is 2.30. The smallest absolute Gasteiger partial charge is 0.00134 e. The minimum absolute atomic E-state index is 0.678. The fourth-order valence-corrected chi connectivity index (χ4v) is 3.36. The van der Waals surface area contributed by atoms with Crippen LogP contribution < -0.4 is 5.32 Å². The van der Waals surface area contributed by atoms with Crippen LogP contribution in [-0.2, 0) is 0 Å². The molecule has 0 aliphatic carbocycles. The molecule has 120 valence electrons. The molecule has 2 heteroatoms. The van der Waals surface area contributed by atoms with Gasteiger partial charge in [-0.1, -0.05) is 47.0 Å². The van der Waals surface area contributed by atoms with Gasteiger partial charge in [-0.25, -0.2) is 0 Å². The van der Waals surface area contributed by atoms with Crippen LogP contribution in [0, 0.1) is 11.3 Å². The Morgan fingerprint density at radius 2 is 1.65 bits per heavy atom. The molecule has 0 spiro atoms. The van der Waals surface area contributed by atoms with Gasteiger partial charge in [0, 0.05) is 0 Å². The Hall–Kier alpha value is -0.0800. The van der Waals surface area contributed by atoms with E-state index in [9.17, 15) is 0 Å². The molecule has 1 rings (SSSR count). The van der Waals surface area contributed by atoms with Crippen LogP contribution in [0.25, 0.3) is 0 Å². The first-order chi connectivity index (χ1) is 9.62. The lowest BCUT2D eigenvalue weighted by Gasteiger charge is -2.41. The van der Waals surface area contributed by atoms with E-state index < -0.39 is 0 Å². The number of hydrogen-bond acceptors (Lipinski definition) is 2. The van der Waals surface area contributed by atoms with Crippen molar-refractivity contribution in [2.75, 3.05) is 32.7 Å². The lowest BCUT2D eigenvalue weighted by atomic mass is 9.74. The zero-order valence-electron chi connectivity index (χ0n) is 14.5. The van der Waals surface area contributed by atoms with Gasteiger partial charge in [0.05, 0.1) is 0 Å². The summed E-state index contributed by atoms with van der Waals surface area (Å²) in [6.45, 7) is 15.7. The summed E-state index contributed by atoms with van der Waals surface area (Å²) >= 11 is 0. The van der Waals surface area contributed by atoms with Crippen LogP contribution in [0.15, 0.2) is 0 Å². The van der Waals surface area contributed by atoms with Crippen molar-refractivity contribution < 1.29 is 0 Å². The Balaban J connectivity index is 1.99. The summed E-state index contributed by atoms with van der Waals surface area (Å²) in [5, 5.41) is 3.54. The molecule has 20 heavy (non-hydrogen) atoms. The molecular formula is C18H38N2. The van der Waals surface area contributed by atoms with Gasteiger partial charge in [-0.2, -0.15) is 0 Å². The molecule has 0 bridgehead atoms. The van der Waals surface area contributed by atoms with Gasteiger partial charge in [-0.3, -0.25) is 0 Å². The van der Waals surface area contributed by atoms with Crippen LogP contribution >= 0.6 is 0 Å². The molecule has 0 radical (unpaired) electrons. The second-order valence-corrected chi connectivity index (χ2v) is 7.21. The van der Waals surface area contributed by atoms with E-state index in [0.29, 0.717) is 5.41 Å². The van der Waals surface area contributed by atoms with Crippen molar-refractivity contribution in [1.82, 2.24) is 10.2 Å². The molecule has 0 aromatic heterocycles. The van der Waals surface area contributed by atoms with Crippen molar-refractivity contribution in [3.63, 3.8) is 0 Å². The third-order valence-corrected chi connectivity index (χ3v) is 5.30. The highest BCUT2D eigenvalue weighted by molar-refractivity contribution is 4.83. The molecule has 1 saturated heterocycles. The van der Waals surface area contributed by atoms with Gasteiger partial charge in [-0.05, 0) is 69.7 Å². The van der Waals surface area contributed by atoms with E-state index in [4.69, 9.17) is 0 Å². The van der Waals surface area contributed by atoms with Gasteiger partial charge in [0.2, 0.25) is 0 Å². The van der Waals surface area contributed by atoms with Crippen molar-refractivity contribution >= 4 is 0 Å². The second-order valence-electron chi connectivity index (χ2n) is 7.21. The van der Waals surface area contributed by atoms with Crippen molar-refractivity contribution in [3.8, 4) is 0 Å². The van der Waals surface area contributed by atoms with E-state index >= 15 is 0 Å². The monoisotopic (exact) mass is 282 g/mol. The third kappa shape index (κ3) is 6.58. The van der Waals surface area contributed by atoms with Crippen molar-refractivity contribution in [2.24, 2.45) is 11.3 Å². The Morgan fingerprint density at radius 3 is 2.20 bits per heavy atom. The molecule has 1 N–H and O–H groups in total. The van der Waals surface area contributed by atoms with E-state index in [0.717, 1.165) is 5.92 Å². The maximum atomic E-state index is 3.54. The van der Waals surface area contributed by atoms with E-state index in [1.165, 1.54) is 77.7 Å². The molecule has 0 aromatic rings. The Morgan fingerprint density at radius 1 is 1.00 bits per heavy atom. The van der Waals surface area contributed by atoms with E-state index in [2.05, 4.69) is 37.9 Å². The van der Waals surface area contributed by atoms with Crippen LogP contribution in [0.5, 0.6) is 0 Å². The number of nitrogens with zero attached hydrogens (tertiary/aromatic N) is 1. The average molecular weight is 283 g/mol. The molecule has 0 unspecified atom stereocenters. The first-order valence-corrected chi connectivity index (χ1v) is 9.05. The first-order valence-electron chi connectivity index (χ1n) is 9.05. The Kier molecular flexibility index (Phi) is 8.79. The average Bonchev–Trinajstić information content (AvgIpc) is 2.47. The fourth-order valence-electron chi connectivity index (χ4n) is 3.36. The number of hydrogen-bond donors (Lipinski definition) is 1. The van der Waals surface area contributed by atoms with Crippen LogP contribution in [-0.4, -0.2) is 37.6 Å². The molecule has 0 atom stereocenters. The largest absolute Gasteiger partial charge is 0.316 e. The topological polar surface area (TPSA) is 15.3 Å². The van der Waals surface area contributed by atoms with E-state index in [1.807, 2.05) is 0 Å². The number of likely N-dealkylation sites (tertiary alicyclic amines) is 1. The lowest BCUT2D eigenvalue weighted by Crippen LogP contribution is -2.40. The molecule has 1 heterocycles. The predicted octanol–water partition coefficient (Wildman–Crippen LogP) is 4.30. The third-order valence-electron chi connectivity index (χ3n) is 5.30. The van der Waals surface area contributed by atoms with Gasteiger partial charge >= 0.3 is 0 Å². The van der Waals surface area contributed by atoms with Crippen LogP contribution in [0.1, 0.15) is 72.6 Å². The normalized spacial score (nSPS) is 19.6. The molecule has 1 aliphatic heterocycles. The summed E-state index contributed by atoms with van der Waals surface area (Å²) in [7, 11) is 0. The summed E-state index contributed by atoms with van der Waals surface area (Å²) in [5.41, 5.74) is 0.678. The van der Waals surface area contributed by atoms with E-state index in [1.54, 1.807) is 0 Å². The van der Waals surface area contributed by atoms with Crippen LogP contribution in [0.3, 0.4) is 0 Å². The van der Waals surface area contributed by atoms with Gasteiger partial charge in [0.15, 0.2) is 0 Å². The predicted molar refractivity (Wildman–Crippen MR) is 90.2 cm³/mol. The molecule has 1 fully saturated rings. The first kappa shape index (κ1) is 18.0. The van der Waals surface area contributed by atoms with Gasteiger partial charge < -0.3 is 10.2 Å². The number of nitrogens with one attached hydrogen (secondary N) is 1. The maximum absolute atomic E-state index is 3.54. The molecule has 0 aromatic carbocycles. The SMILES string of the molecule is CCC1(CC)CCN(CCCCCNCC(C)C)CC1. The Bertz CT molecular complexity index is 224. The minimum atomic E-state index is 0.678. The molecule has 0 saturated carbocycles. The van der Waals surface area contributed by atoms with Gasteiger partial charge in [0.25, 0.3) is 0 Å². The Labute approximate surface area is 127 Å². The van der Waals surface area contributed by atoms with Crippen molar-refractivity contribution in [1.29, 1.82) is 0 Å². The number of piperidine rings is 1. The standard InChI is InChI=1S/C18H38N2/c1-5-18(6-2)10-14-20(15-11-18)13-9-7-8-12-19-16-17(3)4/h17,19H,5-16H2,1-4H3. The van der Waals surface area contributed by atoms with Crippen molar-refractivity contribution in [2.45, 2.75) is 72.6 Å². The summed E-state index contributed by atoms with van der Waals surface area (Å²) in [6, 6.07) is 0. The number of rotatable bonds is 10. The summed E-state index contributed by atoms with van der Waals surface area (Å²) < 4.78 is 0. The second kappa shape index (κ2) is 9.78. The zero-order chi connectivity index (χ0) is 14.8. The summed E-state index contributed by atoms with van der Waals surface area (Å²) in [6.07, 6.45) is 9.71. The molecule has 0 amide bonds. The zero-order valence-corrected chi connectivity index (χ0v) is 14.5. The quantitative estimate of drug-likeness (QED) is 0.601. The molecule has 2 nitrogen and oxygen atoms in total. The van der Waals surface area contributed by atoms with Crippen LogP contribution in [0.2, 0.25) is 0 Å². The highest BCUT2D eigenvalue weighted by atomic mass is 15.1.